The Labute approximate surface area is 160 Å². The van der Waals surface area contributed by atoms with Crippen LogP contribution in [0.1, 0.15) is 26.0 Å². The summed E-state index contributed by atoms with van der Waals surface area (Å²) >= 11 is 0. The fourth-order valence-corrected chi connectivity index (χ4v) is 4.85. The molecule has 8 heteroatoms. The van der Waals surface area contributed by atoms with Crippen LogP contribution in [0, 0.1) is 6.92 Å². The van der Waals surface area contributed by atoms with Crippen molar-refractivity contribution in [2.45, 2.75) is 39.3 Å². The molecule has 0 spiro atoms. The highest BCUT2D eigenvalue weighted by molar-refractivity contribution is 7.91. The summed E-state index contributed by atoms with van der Waals surface area (Å²) < 4.78 is 29.2. The first-order chi connectivity index (χ1) is 12.7. The van der Waals surface area contributed by atoms with E-state index in [-0.39, 0.29) is 23.7 Å². The second-order valence-corrected chi connectivity index (χ2v) is 9.40. The fraction of sp³-hybridized carbons (Fsp3) is 0.474. The molecule has 1 aromatic carbocycles. The molecule has 3 rings (SSSR count). The van der Waals surface area contributed by atoms with Crippen molar-refractivity contribution in [1.82, 2.24) is 9.97 Å². The second-order valence-electron chi connectivity index (χ2n) is 7.17. The minimum Gasteiger partial charge on any atom is -0.491 e. The number of nitrogens with zero attached hydrogens (tertiary/aromatic N) is 3. The molecule has 0 amide bonds. The maximum absolute atomic E-state index is 11.8. The van der Waals surface area contributed by atoms with Gasteiger partial charge in [-0.3, -0.25) is 0 Å². The molecule has 1 aliphatic rings. The van der Waals surface area contributed by atoms with E-state index in [1.807, 2.05) is 63.1 Å². The van der Waals surface area contributed by atoms with Crippen LogP contribution in [0.2, 0.25) is 0 Å². The molecule has 2 heterocycles. The van der Waals surface area contributed by atoms with Crippen molar-refractivity contribution in [1.29, 1.82) is 0 Å². The maximum Gasteiger partial charge on any atom is 0.229 e. The number of aryl methyl sites for hydroxylation is 1. The van der Waals surface area contributed by atoms with Crippen LogP contribution in [0.5, 0.6) is 5.75 Å². The first-order valence-corrected chi connectivity index (χ1v) is 10.9. The number of benzene rings is 1. The van der Waals surface area contributed by atoms with Gasteiger partial charge in [0.15, 0.2) is 9.84 Å². The predicted molar refractivity (Wildman–Crippen MR) is 108 cm³/mol. The van der Waals surface area contributed by atoms with Gasteiger partial charge >= 0.3 is 0 Å². The summed E-state index contributed by atoms with van der Waals surface area (Å²) in [6, 6.07) is 9.44. The molecular formula is C19H26N4O3S. The third kappa shape index (κ3) is 5.09. The molecular weight excluding hydrogens is 364 g/mol. The Kier molecular flexibility index (Phi) is 5.55. The van der Waals surface area contributed by atoms with Crippen molar-refractivity contribution in [2.24, 2.45) is 0 Å². The highest BCUT2D eigenvalue weighted by atomic mass is 32.2. The van der Waals surface area contributed by atoms with Gasteiger partial charge in [0.1, 0.15) is 11.6 Å². The SMILES string of the molecule is Cc1cc(N(C)C2CCS(=O)(=O)C2)nc(Nc2ccc(OC(C)C)cc2)n1. The van der Waals surface area contributed by atoms with Gasteiger partial charge in [-0.1, -0.05) is 0 Å². The minimum absolute atomic E-state index is 0.0513. The van der Waals surface area contributed by atoms with Gasteiger partial charge in [0, 0.05) is 30.5 Å². The van der Waals surface area contributed by atoms with E-state index in [1.54, 1.807) is 0 Å². The zero-order valence-corrected chi connectivity index (χ0v) is 17.0. The summed E-state index contributed by atoms with van der Waals surface area (Å²) in [7, 11) is -1.06. The van der Waals surface area contributed by atoms with Crippen LogP contribution < -0.4 is 15.0 Å². The lowest BCUT2D eigenvalue weighted by atomic mass is 10.2. The van der Waals surface area contributed by atoms with Crippen LogP contribution in [-0.4, -0.2) is 49.1 Å². The van der Waals surface area contributed by atoms with E-state index in [1.165, 1.54) is 0 Å². The maximum atomic E-state index is 11.8. The van der Waals surface area contributed by atoms with E-state index >= 15 is 0 Å². The van der Waals surface area contributed by atoms with Gasteiger partial charge < -0.3 is 15.0 Å². The summed E-state index contributed by atoms with van der Waals surface area (Å²) in [6.45, 7) is 5.87. The van der Waals surface area contributed by atoms with E-state index in [0.717, 1.165) is 17.1 Å². The number of hydrogen-bond acceptors (Lipinski definition) is 7. The summed E-state index contributed by atoms with van der Waals surface area (Å²) in [5.74, 6) is 2.42. The smallest absolute Gasteiger partial charge is 0.229 e. The summed E-state index contributed by atoms with van der Waals surface area (Å²) in [5.41, 5.74) is 1.67. The predicted octanol–water partition coefficient (Wildman–Crippen LogP) is 2.94. The van der Waals surface area contributed by atoms with Crippen LogP contribution in [0.3, 0.4) is 0 Å². The number of sulfone groups is 1. The number of hydrogen-bond donors (Lipinski definition) is 1. The molecule has 1 saturated heterocycles. The Balaban J connectivity index is 1.75. The molecule has 1 fully saturated rings. The first-order valence-electron chi connectivity index (χ1n) is 9.04. The largest absolute Gasteiger partial charge is 0.491 e. The summed E-state index contributed by atoms with van der Waals surface area (Å²) in [6.07, 6.45) is 0.753. The average Bonchev–Trinajstić information content (AvgIpc) is 2.95. The van der Waals surface area contributed by atoms with E-state index in [4.69, 9.17) is 4.74 Å². The van der Waals surface area contributed by atoms with Gasteiger partial charge in [-0.2, -0.15) is 4.98 Å². The van der Waals surface area contributed by atoms with E-state index < -0.39 is 9.84 Å². The summed E-state index contributed by atoms with van der Waals surface area (Å²) in [5, 5.41) is 3.20. The van der Waals surface area contributed by atoms with Gasteiger partial charge in [0.05, 0.1) is 17.6 Å². The number of ether oxygens (including phenoxy) is 1. The van der Waals surface area contributed by atoms with Crippen LogP contribution in [0.15, 0.2) is 30.3 Å². The highest BCUT2D eigenvalue weighted by Crippen LogP contribution is 2.24. The lowest BCUT2D eigenvalue weighted by molar-refractivity contribution is 0.242. The van der Waals surface area contributed by atoms with E-state index in [2.05, 4.69) is 15.3 Å². The van der Waals surface area contributed by atoms with Gasteiger partial charge in [-0.05, 0) is 51.5 Å². The second kappa shape index (κ2) is 7.72. The molecule has 146 valence electrons. The van der Waals surface area contributed by atoms with Crippen molar-refractivity contribution in [3.8, 4) is 5.75 Å². The van der Waals surface area contributed by atoms with E-state index in [0.29, 0.717) is 18.2 Å². The van der Waals surface area contributed by atoms with Gasteiger partial charge in [0.2, 0.25) is 5.95 Å². The lowest BCUT2D eigenvalue weighted by Gasteiger charge is -2.25. The molecule has 7 nitrogen and oxygen atoms in total. The van der Waals surface area contributed by atoms with Crippen molar-refractivity contribution in [3.63, 3.8) is 0 Å². The normalized spacial score (nSPS) is 18.5. The number of anilines is 3. The molecule has 0 bridgehead atoms. The molecule has 1 aliphatic heterocycles. The molecule has 2 aromatic rings. The molecule has 1 N–H and O–H groups in total. The first kappa shape index (κ1) is 19.4. The Morgan fingerprint density at radius 2 is 1.93 bits per heavy atom. The zero-order chi connectivity index (χ0) is 19.6. The van der Waals surface area contributed by atoms with Gasteiger partial charge in [-0.25, -0.2) is 13.4 Å². The van der Waals surface area contributed by atoms with Crippen molar-refractivity contribution >= 4 is 27.3 Å². The monoisotopic (exact) mass is 390 g/mol. The summed E-state index contributed by atoms with van der Waals surface area (Å²) in [4.78, 5) is 10.9. The molecule has 27 heavy (non-hydrogen) atoms. The topological polar surface area (TPSA) is 84.4 Å². The number of aromatic nitrogens is 2. The van der Waals surface area contributed by atoms with Gasteiger partial charge in [0.25, 0.3) is 0 Å². The highest BCUT2D eigenvalue weighted by Gasteiger charge is 2.31. The molecule has 1 atom stereocenters. The van der Waals surface area contributed by atoms with Crippen molar-refractivity contribution < 1.29 is 13.2 Å². The lowest BCUT2D eigenvalue weighted by Crippen LogP contribution is -2.33. The van der Waals surface area contributed by atoms with Crippen LogP contribution in [0.25, 0.3) is 0 Å². The zero-order valence-electron chi connectivity index (χ0n) is 16.1. The molecule has 0 aliphatic carbocycles. The van der Waals surface area contributed by atoms with Crippen molar-refractivity contribution in [3.05, 3.63) is 36.0 Å². The molecule has 0 saturated carbocycles. The minimum atomic E-state index is -2.94. The Morgan fingerprint density at radius 1 is 1.22 bits per heavy atom. The molecule has 1 unspecified atom stereocenters. The number of rotatable bonds is 6. The van der Waals surface area contributed by atoms with Crippen molar-refractivity contribution in [2.75, 3.05) is 28.8 Å². The molecule has 1 aromatic heterocycles. The Bertz CT molecular complexity index is 898. The van der Waals surface area contributed by atoms with Gasteiger partial charge in [-0.15, -0.1) is 0 Å². The quantitative estimate of drug-likeness (QED) is 0.812. The third-order valence-corrected chi connectivity index (χ3v) is 6.19. The fourth-order valence-electron chi connectivity index (χ4n) is 3.07. The number of nitrogens with one attached hydrogen (secondary N) is 1. The average molecular weight is 391 g/mol. The van der Waals surface area contributed by atoms with E-state index in [9.17, 15) is 8.42 Å². The third-order valence-electron chi connectivity index (χ3n) is 4.44. The van der Waals surface area contributed by atoms with Crippen LogP contribution in [0.4, 0.5) is 17.5 Å². The Morgan fingerprint density at radius 3 is 2.52 bits per heavy atom. The standard InChI is InChI=1S/C19H26N4O3S/c1-13(2)26-17-7-5-15(6-8-17)21-19-20-14(3)11-18(22-19)23(4)16-9-10-27(24,25)12-16/h5-8,11,13,16H,9-10,12H2,1-4H3,(H,20,21,22). The molecule has 0 radical (unpaired) electrons. The van der Waals surface area contributed by atoms with Crippen LogP contribution >= 0.6 is 0 Å². The van der Waals surface area contributed by atoms with Crippen LogP contribution in [-0.2, 0) is 9.84 Å². The Hall–Kier alpha value is -2.35.